The van der Waals surface area contributed by atoms with Crippen molar-refractivity contribution in [2.45, 2.75) is 31.9 Å². The van der Waals surface area contributed by atoms with Gasteiger partial charge in [0.05, 0.1) is 17.8 Å². The Morgan fingerprint density at radius 1 is 1.50 bits per heavy atom. The highest BCUT2D eigenvalue weighted by atomic mass is 32.1. The summed E-state index contributed by atoms with van der Waals surface area (Å²) in [6, 6.07) is 7.43. The smallest absolute Gasteiger partial charge is 0.265 e. The van der Waals surface area contributed by atoms with E-state index < -0.39 is 6.10 Å². The van der Waals surface area contributed by atoms with E-state index in [4.69, 9.17) is 0 Å². The fourth-order valence-electron chi connectivity index (χ4n) is 2.57. The van der Waals surface area contributed by atoms with Gasteiger partial charge in [0.1, 0.15) is 4.88 Å². The molecule has 104 valence electrons. The number of carbonyl (C=O) groups excluding carboxylic acids is 1. The minimum atomic E-state index is -0.581. The molecule has 5 nitrogen and oxygen atoms in total. The molecular weight excluding hydrogens is 274 g/mol. The van der Waals surface area contributed by atoms with Crippen LogP contribution in [-0.4, -0.2) is 26.7 Å². The molecule has 0 saturated carbocycles. The van der Waals surface area contributed by atoms with E-state index in [-0.39, 0.29) is 11.9 Å². The van der Waals surface area contributed by atoms with Crippen LogP contribution in [0.15, 0.2) is 24.3 Å². The Hall–Kier alpha value is -1.79. The summed E-state index contributed by atoms with van der Waals surface area (Å²) >= 11 is 1.09. The topological polar surface area (TPSA) is 75.1 Å². The van der Waals surface area contributed by atoms with Crippen LogP contribution in [0.1, 0.15) is 39.5 Å². The van der Waals surface area contributed by atoms with Crippen LogP contribution in [0.3, 0.4) is 0 Å². The van der Waals surface area contributed by atoms with Crippen molar-refractivity contribution in [3.63, 3.8) is 0 Å². The highest BCUT2D eigenvalue weighted by Crippen LogP contribution is 2.31. The van der Waals surface area contributed by atoms with Gasteiger partial charge in [0, 0.05) is 6.42 Å². The standard InChI is InChI=1S/C14H15N3O2S/c1-2-10-13(20-17-16-10)14(19)15-12-9-6-4-3-5-8(9)7-11(12)18/h3-6,11-12,18H,2,7H2,1H3,(H,15,19)/t11-,12+/m1/s1. The van der Waals surface area contributed by atoms with Gasteiger partial charge < -0.3 is 10.4 Å². The van der Waals surface area contributed by atoms with Crippen LogP contribution in [0.25, 0.3) is 0 Å². The largest absolute Gasteiger partial charge is 0.390 e. The fraction of sp³-hybridized carbons (Fsp3) is 0.357. The Bertz CT molecular complexity index is 641. The molecule has 1 heterocycles. The lowest BCUT2D eigenvalue weighted by molar-refractivity contribution is 0.0861. The third-order valence-electron chi connectivity index (χ3n) is 3.59. The van der Waals surface area contributed by atoms with Gasteiger partial charge in [0.25, 0.3) is 5.91 Å². The number of amides is 1. The molecule has 1 aromatic carbocycles. The van der Waals surface area contributed by atoms with E-state index in [9.17, 15) is 9.90 Å². The summed E-state index contributed by atoms with van der Waals surface area (Å²) in [5.41, 5.74) is 2.78. The number of aromatic nitrogens is 2. The molecule has 0 unspecified atom stereocenters. The average Bonchev–Trinajstić information content (AvgIpc) is 3.04. The van der Waals surface area contributed by atoms with E-state index in [0.29, 0.717) is 23.4 Å². The van der Waals surface area contributed by atoms with Gasteiger partial charge in [-0.05, 0) is 29.1 Å². The Labute approximate surface area is 120 Å². The Kier molecular flexibility index (Phi) is 3.50. The quantitative estimate of drug-likeness (QED) is 0.897. The number of carbonyl (C=O) groups is 1. The summed E-state index contributed by atoms with van der Waals surface area (Å²) in [6.07, 6.45) is 0.661. The number of fused-ring (bicyclic) bond motifs is 1. The van der Waals surface area contributed by atoms with Crippen LogP contribution in [0.2, 0.25) is 0 Å². The number of aliphatic hydroxyl groups is 1. The first-order valence-corrected chi connectivity index (χ1v) is 7.36. The second-order valence-electron chi connectivity index (χ2n) is 4.82. The highest BCUT2D eigenvalue weighted by molar-refractivity contribution is 7.08. The lowest BCUT2D eigenvalue weighted by Crippen LogP contribution is -2.33. The van der Waals surface area contributed by atoms with Crippen LogP contribution in [0.5, 0.6) is 0 Å². The maximum atomic E-state index is 12.3. The van der Waals surface area contributed by atoms with Crippen LogP contribution < -0.4 is 5.32 Å². The second-order valence-corrected chi connectivity index (χ2v) is 5.58. The molecule has 20 heavy (non-hydrogen) atoms. The molecular formula is C14H15N3O2S. The summed E-state index contributed by atoms with van der Waals surface area (Å²) in [7, 11) is 0. The number of nitrogens with zero attached hydrogens (tertiary/aromatic N) is 2. The minimum Gasteiger partial charge on any atom is -0.390 e. The van der Waals surface area contributed by atoms with Crippen LogP contribution in [0, 0.1) is 0 Å². The maximum absolute atomic E-state index is 12.3. The van der Waals surface area contributed by atoms with Crippen molar-refractivity contribution < 1.29 is 9.90 Å². The summed E-state index contributed by atoms with van der Waals surface area (Å²) in [4.78, 5) is 12.8. The first-order chi connectivity index (χ1) is 9.70. The molecule has 3 rings (SSSR count). The summed E-state index contributed by atoms with van der Waals surface area (Å²) < 4.78 is 3.82. The van der Waals surface area contributed by atoms with Gasteiger partial charge >= 0.3 is 0 Å². The second kappa shape index (κ2) is 5.30. The predicted octanol–water partition coefficient (Wildman–Crippen LogP) is 1.49. The molecule has 2 N–H and O–H groups in total. The van der Waals surface area contributed by atoms with E-state index in [0.717, 1.165) is 22.7 Å². The molecule has 1 aromatic heterocycles. The molecule has 1 aliphatic rings. The van der Waals surface area contributed by atoms with Crippen molar-refractivity contribution >= 4 is 17.4 Å². The van der Waals surface area contributed by atoms with Crippen molar-refractivity contribution in [1.29, 1.82) is 0 Å². The van der Waals surface area contributed by atoms with Crippen molar-refractivity contribution in [2.75, 3.05) is 0 Å². The van der Waals surface area contributed by atoms with Crippen LogP contribution >= 0.6 is 11.5 Å². The van der Waals surface area contributed by atoms with Gasteiger partial charge in [-0.3, -0.25) is 4.79 Å². The zero-order valence-corrected chi connectivity index (χ0v) is 11.9. The number of hydrogen-bond acceptors (Lipinski definition) is 5. The molecule has 6 heteroatoms. The lowest BCUT2D eigenvalue weighted by atomic mass is 10.1. The van der Waals surface area contributed by atoms with E-state index in [2.05, 4.69) is 14.9 Å². The molecule has 0 spiro atoms. The van der Waals surface area contributed by atoms with Gasteiger partial charge in [0.2, 0.25) is 0 Å². The van der Waals surface area contributed by atoms with Crippen LogP contribution in [-0.2, 0) is 12.8 Å². The average molecular weight is 289 g/mol. The van der Waals surface area contributed by atoms with Gasteiger partial charge in [-0.25, -0.2) is 0 Å². The molecule has 1 aliphatic carbocycles. The summed E-state index contributed by atoms with van der Waals surface area (Å²) in [5, 5.41) is 17.0. The number of aliphatic hydroxyl groups excluding tert-OH is 1. The fourth-order valence-corrected chi connectivity index (χ4v) is 3.22. The van der Waals surface area contributed by atoms with Crippen molar-refractivity contribution in [1.82, 2.24) is 14.9 Å². The van der Waals surface area contributed by atoms with E-state index in [1.165, 1.54) is 0 Å². The number of nitrogens with one attached hydrogen (secondary N) is 1. The molecule has 2 atom stereocenters. The van der Waals surface area contributed by atoms with Gasteiger partial charge in [0.15, 0.2) is 0 Å². The van der Waals surface area contributed by atoms with Crippen molar-refractivity contribution in [3.8, 4) is 0 Å². The SMILES string of the molecule is CCc1nnsc1C(=O)N[C@H]1c2ccccc2C[C@H]1O. The maximum Gasteiger partial charge on any atom is 0.265 e. The molecule has 0 saturated heterocycles. The number of benzene rings is 1. The Morgan fingerprint density at radius 2 is 2.30 bits per heavy atom. The van der Waals surface area contributed by atoms with Crippen molar-refractivity contribution in [3.05, 3.63) is 46.0 Å². The molecule has 0 radical (unpaired) electrons. The van der Waals surface area contributed by atoms with E-state index in [1.54, 1.807) is 0 Å². The number of rotatable bonds is 3. The van der Waals surface area contributed by atoms with Gasteiger partial charge in [-0.15, -0.1) is 5.10 Å². The zero-order chi connectivity index (χ0) is 14.1. The first-order valence-electron chi connectivity index (χ1n) is 6.58. The van der Waals surface area contributed by atoms with E-state index >= 15 is 0 Å². The Morgan fingerprint density at radius 3 is 3.10 bits per heavy atom. The molecule has 0 fully saturated rings. The normalized spacial score (nSPS) is 20.7. The monoisotopic (exact) mass is 289 g/mol. The highest BCUT2D eigenvalue weighted by Gasteiger charge is 2.32. The molecule has 0 bridgehead atoms. The molecule has 0 aliphatic heterocycles. The van der Waals surface area contributed by atoms with E-state index in [1.807, 2.05) is 31.2 Å². The number of hydrogen-bond donors (Lipinski definition) is 2. The third-order valence-corrected chi connectivity index (χ3v) is 4.35. The minimum absolute atomic E-state index is 0.211. The van der Waals surface area contributed by atoms with Crippen molar-refractivity contribution in [2.24, 2.45) is 0 Å². The van der Waals surface area contributed by atoms with Gasteiger partial charge in [-0.2, -0.15) is 0 Å². The van der Waals surface area contributed by atoms with Crippen LogP contribution in [0.4, 0.5) is 0 Å². The first kappa shape index (κ1) is 13.2. The number of aryl methyl sites for hydroxylation is 1. The zero-order valence-electron chi connectivity index (χ0n) is 11.0. The summed E-state index contributed by atoms with van der Waals surface area (Å²) in [6.45, 7) is 1.94. The third kappa shape index (κ3) is 2.21. The summed E-state index contributed by atoms with van der Waals surface area (Å²) in [5.74, 6) is -0.211. The van der Waals surface area contributed by atoms with Gasteiger partial charge in [-0.1, -0.05) is 35.7 Å². The molecule has 1 amide bonds. The lowest BCUT2D eigenvalue weighted by Gasteiger charge is -2.17. The Balaban J connectivity index is 1.83. The molecule has 2 aromatic rings. The predicted molar refractivity (Wildman–Crippen MR) is 75.6 cm³/mol.